The highest BCUT2D eigenvalue weighted by molar-refractivity contribution is 5.99. The molecule has 0 fully saturated rings. The van der Waals surface area contributed by atoms with Gasteiger partial charge >= 0.3 is 0 Å². The Morgan fingerprint density at radius 3 is 2.57 bits per heavy atom. The molecule has 8 nitrogen and oxygen atoms in total. The molecule has 0 unspecified atom stereocenters. The predicted octanol–water partition coefficient (Wildman–Crippen LogP) is 4.13. The Bertz CT molecular complexity index is 1210. The summed E-state index contributed by atoms with van der Waals surface area (Å²) in [6.07, 6.45) is 0. The average Bonchev–Trinajstić information content (AvgIpc) is 2.86. The number of benzene rings is 3. The molecule has 0 radical (unpaired) electrons. The quantitative estimate of drug-likeness (QED) is 0.500. The number of nitrogens with one attached hydrogen (secondary N) is 1. The molecular formula is C27H28N2O6. The van der Waals surface area contributed by atoms with Crippen molar-refractivity contribution in [2.45, 2.75) is 13.8 Å². The van der Waals surface area contributed by atoms with Gasteiger partial charge in [-0.3, -0.25) is 9.59 Å². The number of anilines is 2. The molecule has 35 heavy (non-hydrogen) atoms. The molecule has 1 aliphatic heterocycles. The number of ether oxygens (including phenoxy) is 4. The Hall–Kier alpha value is -4.20. The first-order valence-corrected chi connectivity index (χ1v) is 11.3. The number of nitrogens with zero attached hydrogens (tertiary/aromatic N) is 1. The number of amides is 2. The highest BCUT2D eigenvalue weighted by atomic mass is 16.5. The first-order chi connectivity index (χ1) is 16.9. The van der Waals surface area contributed by atoms with Crippen LogP contribution in [0.3, 0.4) is 0 Å². The fourth-order valence-corrected chi connectivity index (χ4v) is 3.67. The van der Waals surface area contributed by atoms with Gasteiger partial charge in [0.25, 0.3) is 11.8 Å². The predicted molar refractivity (Wildman–Crippen MR) is 133 cm³/mol. The molecule has 4 rings (SSSR count). The summed E-state index contributed by atoms with van der Waals surface area (Å²) >= 11 is 0. The first kappa shape index (κ1) is 23.9. The molecule has 3 aromatic carbocycles. The van der Waals surface area contributed by atoms with Crippen LogP contribution in [0.25, 0.3) is 0 Å². The van der Waals surface area contributed by atoms with Crippen molar-refractivity contribution in [1.29, 1.82) is 0 Å². The van der Waals surface area contributed by atoms with Crippen molar-refractivity contribution in [2.24, 2.45) is 0 Å². The van der Waals surface area contributed by atoms with Crippen LogP contribution >= 0.6 is 0 Å². The van der Waals surface area contributed by atoms with E-state index < -0.39 is 0 Å². The molecule has 1 aliphatic rings. The maximum atomic E-state index is 12.6. The highest BCUT2D eigenvalue weighted by Crippen LogP contribution is 2.34. The zero-order valence-electron chi connectivity index (χ0n) is 20.0. The van der Waals surface area contributed by atoms with Gasteiger partial charge in [-0.1, -0.05) is 12.1 Å². The van der Waals surface area contributed by atoms with Crippen LogP contribution in [0.5, 0.6) is 23.0 Å². The van der Waals surface area contributed by atoms with Crippen molar-refractivity contribution >= 4 is 23.2 Å². The van der Waals surface area contributed by atoms with E-state index in [0.29, 0.717) is 35.2 Å². The minimum atomic E-state index is -0.303. The molecule has 8 heteroatoms. The molecule has 182 valence electrons. The van der Waals surface area contributed by atoms with Crippen molar-refractivity contribution in [3.05, 3.63) is 71.8 Å². The number of aryl methyl sites for hydroxylation is 1. The summed E-state index contributed by atoms with van der Waals surface area (Å²) in [5, 5.41) is 2.82. The van der Waals surface area contributed by atoms with E-state index in [1.807, 2.05) is 56.3 Å². The minimum Gasteiger partial charge on any atom is -0.497 e. The van der Waals surface area contributed by atoms with Crippen molar-refractivity contribution in [1.82, 2.24) is 0 Å². The van der Waals surface area contributed by atoms with Crippen molar-refractivity contribution < 1.29 is 28.5 Å². The number of hydrogen-bond donors (Lipinski definition) is 1. The second-order valence-corrected chi connectivity index (χ2v) is 8.08. The normalized spacial score (nSPS) is 12.4. The molecule has 0 aromatic heterocycles. The minimum absolute atomic E-state index is 0.0507. The molecule has 0 bridgehead atoms. The van der Waals surface area contributed by atoms with Crippen LogP contribution in [-0.4, -0.2) is 45.3 Å². The third-order valence-corrected chi connectivity index (χ3v) is 5.74. The third kappa shape index (κ3) is 5.84. The topological polar surface area (TPSA) is 86.3 Å². The Kier molecular flexibility index (Phi) is 7.40. The van der Waals surface area contributed by atoms with Gasteiger partial charge in [0, 0.05) is 5.69 Å². The van der Waals surface area contributed by atoms with Gasteiger partial charge in [0.15, 0.2) is 13.2 Å². The first-order valence-electron chi connectivity index (χ1n) is 11.3. The Labute approximate surface area is 204 Å². The van der Waals surface area contributed by atoms with E-state index in [9.17, 15) is 9.59 Å². The third-order valence-electron chi connectivity index (χ3n) is 5.74. The summed E-state index contributed by atoms with van der Waals surface area (Å²) in [4.78, 5) is 26.7. The van der Waals surface area contributed by atoms with Crippen LogP contribution in [0.4, 0.5) is 11.4 Å². The maximum Gasteiger partial charge on any atom is 0.265 e. The molecule has 1 N–H and O–H groups in total. The summed E-state index contributed by atoms with van der Waals surface area (Å²) in [5.41, 5.74) is 3.21. The number of methoxy groups -OCH3 is 1. The molecular weight excluding hydrogens is 448 g/mol. The smallest absolute Gasteiger partial charge is 0.265 e. The lowest BCUT2D eigenvalue weighted by atomic mass is 10.1. The summed E-state index contributed by atoms with van der Waals surface area (Å²) in [6, 6.07) is 18.1. The van der Waals surface area contributed by atoms with Crippen LogP contribution in [0.15, 0.2) is 60.7 Å². The van der Waals surface area contributed by atoms with Gasteiger partial charge in [-0.15, -0.1) is 0 Å². The van der Waals surface area contributed by atoms with Crippen molar-refractivity contribution in [3.8, 4) is 23.0 Å². The number of hydrogen-bond acceptors (Lipinski definition) is 6. The molecule has 3 aromatic rings. The summed E-state index contributed by atoms with van der Waals surface area (Å²) < 4.78 is 22.2. The zero-order chi connectivity index (χ0) is 24.8. The van der Waals surface area contributed by atoms with Gasteiger partial charge in [-0.2, -0.15) is 0 Å². The van der Waals surface area contributed by atoms with E-state index in [0.717, 1.165) is 16.9 Å². The monoisotopic (exact) mass is 476 g/mol. The number of carbonyl (C=O) groups is 2. The lowest BCUT2D eigenvalue weighted by Gasteiger charge is -2.29. The standard InChI is InChI=1S/C27H28N2O6/c1-18-5-4-6-24(19(18)2)34-16-26(30)28-20-7-12-25-23(15-20)29(27(31)17-35-25)13-14-33-22-10-8-21(32-3)9-11-22/h4-12,15H,13-14,16-17H2,1-3H3,(H,28,30). The fraction of sp³-hybridized carbons (Fsp3) is 0.259. The van der Waals surface area contributed by atoms with Crippen LogP contribution in [0.1, 0.15) is 11.1 Å². The van der Waals surface area contributed by atoms with E-state index in [1.165, 1.54) is 0 Å². The van der Waals surface area contributed by atoms with E-state index in [-0.39, 0.29) is 31.6 Å². The molecule has 0 saturated heterocycles. The highest BCUT2D eigenvalue weighted by Gasteiger charge is 2.26. The van der Waals surface area contributed by atoms with Gasteiger partial charge < -0.3 is 29.2 Å². The van der Waals surface area contributed by atoms with Crippen LogP contribution in [-0.2, 0) is 9.59 Å². The second kappa shape index (κ2) is 10.8. The fourth-order valence-electron chi connectivity index (χ4n) is 3.67. The Morgan fingerprint density at radius 2 is 1.80 bits per heavy atom. The van der Waals surface area contributed by atoms with E-state index >= 15 is 0 Å². The lowest BCUT2D eigenvalue weighted by Crippen LogP contribution is -2.41. The number of fused-ring (bicyclic) bond motifs is 1. The maximum absolute atomic E-state index is 12.6. The number of rotatable bonds is 9. The molecule has 0 spiro atoms. The SMILES string of the molecule is COc1ccc(OCCN2C(=O)COc3ccc(NC(=O)COc4cccc(C)c4C)cc32)cc1. The van der Waals surface area contributed by atoms with E-state index in [2.05, 4.69) is 5.32 Å². The largest absolute Gasteiger partial charge is 0.497 e. The average molecular weight is 477 g/mol. The van der Waals surface area contributed by atoms with Gasteiger partial charge in [-0.05, 0) is 73.5 Å². The molecule has 0 atom stereocenters. The van der Waals surface area contributed by atoms with Gasteiger partial charge in [-0.25, -0.2) is 0 Å². The Morgan fingerprint density at radius 1 is 1.03 bits per heavy atom. The van der Waals surface area contributed by atoms with Gasteiger partial charge in [0.2, 0.25) is 0 Å². The van der Waals surface area contributed by atoms with Crippen LogP contribution in [0, 0.1) is 13.8 Å². The summed E-state index contributed by atoms with van der Waals surface area (Å²) in [5.74, 6) is 2.17. The Balaban J connectivity index is 1.38. The van der Waals surface area contributed by atoms with Gasteiger partial charge in [0.1, 0.15) is 29.6 Å². The molecule has 2 amide bonds. The summed E-state index contributed by atoms with van der Waals surface area (Å²) in [7, 11) is 1.60. The molecule has 0 aliphatic carbocycles. The van der Waals surface area contributed by atoms with Crippen molar-refractivity contribution in [2.75, 3.05) is 43.7 Å². The van der Waals surface area contributed by atoms with E-state index in [4.69, 9.17) is 18.9 Å². The zero-order valence-corrected chi connectivity index (χ0v) is 20.0. The van der Waals surface area contributed by atoms with Crippen LogP contribution < -0.4 is 29.2 Å². The van der Waals surface area contributed by atoms with Gasteiger partial charge in [0.05, 0.1) is 19.3 Å². The van der Waals surface area contributed by atoms with Crippen molar-refractivity contribution in [3.63, 3.8) is 0 Å². The number of carbonyl (C=O) groups excluding carboxylic acids is 2. The van der Waals surface area contributed by atoms with Crippen LogP contribution in [0.2, 0.25) is 0 Å². The van der Waals surface area contributed by atoms with E-state index in [1.54, 1.807) is 30.2 Å². The second-order valence-electron chi connectivity index (χ2n) is 8.08. The molecule has 1 heterocycles. The molecule has 0 saturated carbocycles. The lowest BCUT2D eigenvalue weighted by molar-refractivity contribution is -0.121. The summed E-state index contributed by atoms with van der Waals surface area (Å²) in [6.45, 7) is 4.38.